The molecule has 142 valence electrons. The molecule has 0 saturated carbocycles. The molecule has 6 nitrogen and oxygen atoms in total. The van der Waals surface area contributed by atoms with Crippen LogP contribution in [-0.4, -0.2) is 30.7 Å². The fraction of sp³-hybridized carbons (Fsp3) is 0.200. The number of nitrogens with zero attached hydrogens (tertiary/aromatic N) is 4. The molecule has 1 amide bonds. The van der Waals surface area contributed by atoms with Crippen LogP contribution in [0.5, 0.6) is 0 Å². The fourth-order valence-electron chi connectivity index (χ4n) is 2.90. The van der Waals surface area contributed by atoms with Crippen LogP contribution < -0.4 is 5.32 Å². The summed E-state index contributed by atoms with van der Waals surface area (Å²) in [4.78, 5) is 22.0. The van der Waals surface area contributed by atoms with E-state index in [9.17, 15) is 4.79 Å². The number of para-hydroxylation sites is 1. The first-order valence-electron chi connectivity index (χ1n) is 8.79. The van der Waals surface area contributed by atoms with E-state index in [-0.39, 0.29) is 11.2 Å². The van der Waals surface area contributed by atoms with Gasteiger partial charge in [0, 0.05) is 16.1 Å². The Hall–Kier alpha value is -2.64. The fourth-order valence-corrected chi connectivity index (χ4v) is 3.93. The van der Waals surface area contributed by atoms with Crippen molar-refractivity contribution >= 4 is 51.5 Å². The van der Waals surface area contributed by atoms with E-state index in [2.05, 4.69) is 15.4 Å². The molecule has 0 fully saturated rings. The van der Waals surface area contributed by atoms with Crippen LogP contribution in [0.2, 0.25) is 5.02 Å². The number of anilines is 1. The molecule has 28 heavy (non-hydrogen) atoms. The number of carbonyl (C=O) groups excluding carboxylic acids is 1. The Labute approximate surface area is 171 Å². The SMILES string of the molecule is Cc1nc2c3ccccc3nc(SC(C)C(=O)Nc3cccc(Cl)c3C)n2n1. The molecule has 4 rings (SSSR count). The zero-order valence-electron chi connectivity index (χ0n) is 15.6. The zero-order valence-corrected chi connectivity index (χ0v) is 17.2. The zero-order chi connectivity index (χ0) is 19.8. The van der Waals surface area contributed by atoms with Crippen molar-refractivity contribution in [2.75, 3.05) is 5.32 Å². The predicted octanol–water partition coefficient (Wildman–Crippen LogP) is 4.67. The Morgan fingerprint density at radius 3 is 2.75 bits per heavy atom. The molecule has 4 aromatic rings. The highest BCUT2D eigenvalue weighted by atomic mass is 35.5. The monoisotopic (exact) mass is 411 g/mol. The van der Waals surface area contributed by atoms with E-state index >= 15 is 0 Å². The molecule has 1 atom stereocenters. The Morgan fingerprint density at radius 1 is 1.14 bits per heavy atom. The first-order chi connectivity index (χ1) is 13.4. The minimum atomic E-state index is -0.389. The topological polar surface area (TPSA) is 72.2 Å². The van der Waals surface area contributed by atoms with Crippen LogP contribution >= 0.6 is 23.4 Å². The maximum atomic E-state index is 12.7. The van der Waals surface area contributed by atoms with Crippen molar-refractivity contribution in [3.8, 4) is 0 Å². The minimum absolute atomic E-state index is 0.129. The number of aryl methyl sites for hydroxylation is 1. The molecule has 0 aliphatic carbocycles. The second kappa shape index (κ2) is 7.41. The summed E-state index contributed by atoms with van der Waals surface area (Å²) in [5.74, 6) is 0.530. The second-order valence-electron chi connectivity index (χ2n) is 6.47. The summed E-state index contributed by atoms with van der Waals surface area (Å²) in [6, 6.07) is 13.2. The van der Waals surface area contributed by atoms with Crippen LogP contribution in [0.15, 0.2) is 47.6 Å². The number of thioether (sulfide) groups is 1. The lowest BCUT2D eigenvalue weighted by atomic mass is 10.2. The summed E-state index contributed by atoms with van der Waals surface area (Å²) in [6.45, 7) is 5.56. The lowest BCUT2D eigenvalue weighted by Crippen LogP contribution is -2.23. The van der Waals surface area contributed by atoms with E-state index in [1.54, 1.807) is 10.6 Å². The average Bonchev–Trinajstić information content (AvgIpc) is 3.07. The Balaban J connectivity index is 1.65. The maximum Gasteiger partial charge on any atom is 0.237 e. The summed E-state index contributed by atoms with van der Waals surface area (Å²) >= 11 is 7.49. The third-order valence-electron chi connectivity index (χ3n) is 4.43. The Bertz CT molecular complexity index is 1210. The van der Waals surface area contributed by atoms with Crippen molar-refractivity contribution in [1.82, 2.24) is 19.6 Å². The Morgan fingerprint density at radius 2 is 1.93 bits per heavy atom. The van der Waals surface area contributed by atoms with Gasteiger partial charge in [-0.1, -0.05) is 41.6 Å². The number of amides is 1. The summed E-state index contributed by atoms with van der Waals surface area (Å²) in [7, 11) is 0. The minimum Gasteiger partial charge on any atom is -0.325 e. The third-order valence-corrected chi connectivity index (χ3v) is 5.88. The molecule has 0 spiro atoms. The second-order valence-corrected chi connectivity index (χ2v) is 8.18. The highest BCUT2D eigenvalue weighted by molar-refractivity contribution is 8.00. The van der Waals surface area contributed by atoms with E-state index in [0.29, 0.717) is 21.7 Å². The van der Waals surface area contributed by atoms with Gasteiger partial charge >= 0.3 is 0 Å². The first-order valence-corrected chi connectivity index (χ1v) is 10.0. The average molecular weight is 412 g/mol. The molecule has 0 saturated heterocycles. The molecule has 2 aromatic carbocycles. The van der Waals surface area contributed by atoms with Gasteiger partial charge in [-0.3, -0.25) is 4.79 Å². The Kier molecular flexibility index (Phi) is 4.95. The van der Waals surface area contributed by atoms with Gasteiger partial charge in [0.25, 0.3) is 0 Å². The van der Waals surface area contributed by atoms with Crippen LogP contribution in [0, 0.1) is 13.8 Å². The third kappa shape index (κ3) is 3.43. The summed E-state index contributed by atoms with van der Waals surface area (Å²) in [5, 5.41) is 9.19. The molecule has 2 heterocycles. The number of halogens is 1. The molecule has 1 N–H and O–H groups in total. The number of nitrogens with one attached hydrogen (secondary N) is 1. The molecular formula is C20H18ClN5OS. The van der Waals surface area contributed by atoms with Crippen LogP contribution in [-0.2, 0) is 4.79 Å². The van der Waals surface area contributed by atoms with Crippen LogP contribution in [0.4, 0.5) is 5.69 Å². The van der Waals surface area contributed by atoms with Gasteiger partial charge < -0.3 is 5.32 Å². The van der Waals surface area contributed by atoms with E-state index in [1.807, 2.05) is 57.2 Å². The van der Waals surface area contributed by atoms with Gasteiger partial charge in [0.2, 0.25) is 5.91 Å². The molecule has 0 radical (unpaired) electrons. The first kappa shape index (κ1) is 18.7. The lowest BCUT2D eigenvalue weighted by molar-refractivity contribution is -0.115. The summed E-state index contributed by atoms with van der Waals surface area (Å²) in [5.41, 5.74) is 3.11. The molecule has 2 aromatic heterocycles. The molecule has 0 aliphatic rings. The van der Waals surface area contributed by atoms with Gasteiger partial charge in [0.1, 0.15) is 5.82 Å². The van der Waals surface area contributed by atoms with Gasteiger partial charge in [-0.25, -0.2) is 9.97 Å². The number of benzene rings is 2. The van der Waals surface area contributed by atoms with Gasteiger partial charge in [-0.15, -0.1) is 5.10 Å². The quantitative estimate of drug-likeness (QED) is 0.390. The van der Waals surface area contributed by atoms with E-state index in [4.69, 9.17) is 16.6 Å². The van der Waals surface area contributed by atoms with Crippen LogP contribution in [0.3, 0.4) is 0 Å². The number of carbonyl (C=O) groups is 1. The number of hydrogen-bond donors (Lipinski definition) is 1. The van der Waals surface area contributed by atoms with Crippen LogP contribution in [0.25, 0.3) is 16.6 Å². The number of hydrogen-bond acceptors (Lipinski definition) is 5. The van der Waals surface area contributed by atoms with Gasteiger partial charge in [-0.05, 0) is 50.6 Å². The largest absolute Gasteiger partial charge is 0.325 e. The van der Waals surface area contributed by atoms with Crippen molar-refractivity contribution in [3.05, 3.63) is 58.9 Å². The normalized spacial score (nSPS) is 12.4. The van der Waals surface area contributed by atoms with Crippen molar-refractivity contribution in [3.63, 3.8) is 0 Å². The van der Waals surface area contributed by atoms with Crippen LogP contribution in [0.1, 0.15) is 18.3 Å². The smallest absolute Gasteiger partial charge is 0.237 e. The van der Waals surface area contributed by atoms with Crippen molar-refractivity contribution in [2.24, 2.45) is 0 Å². The predicted molar refractivity (Wildman–Crippen MR) is 113 cm³/mol. The van der Waals surface area contributed by atoms with E-state index in [1.165, 1.54) is 11.8 Å². The van der Waals surface area contributed by atoms with Gasteiger partial charge in [0.05, 0.1) is 10.8 Å². The number of aromatic nitrogens is 4. The molecule has 0 aliphatic heterocycles. The van der Waals surface area contributed by atoms with Gasteiger partial charge in [0.15, 0.2) is 10.8 Å². The maximum absolute atomic E-state index is 12.7. The summed E-state index contributed by atoms with van der Waals surface area (Å²) in [6.07, 6.45) is 0. The van der Waals surface area contributed by atoms with Crippen molar-refractivity contribution < 1.29 is 4.79 Å². The standard InChI is InChI=1S/C20H18ClN5OS/c1-11-15(21)8-6-10-16(11)23-19(27)12(2)28-20-24-17-9-5-4-7-14(17)18-22-13(3)25-26(18)20/h4-10,12H,1-3H3,(H,23,27). The molecule has 1 unspecified atom stereocenters. The number of rotatable bonds is 4. The molecule has 8 heteroatoms. The van der Waals surface area contributed by atoms with E-state index in [0.717, 1.165) is 22.1 Å². The lowest BCUT2D eigenvalue weighted by Gasteiger charge is -2.14. The van der Waals surface area contributed by atoms with Gasteiger partial charge in [-0.2, -0.15) is 4.52 Å². The highest BCUT2D eigenvalue weighted by Crippen LogP contribution is 2.28. The highest BCUT2D eigenvalue weighted by Gasteiger charge is 2.20. The molecule has 0 bridgehead atoms. The van der Waals surface area contributed by atoms with E-state index < -0.39 is 0 Å². The summed E-state index contributed by atoms with van der Waals surface area (Å²) < 4.78 is 1.71. The molecular weight excluding hydrogens is 394 g/mol. The number of fused-ring (bicyclic) bond motifs is 3. The van der Waals surface area contributed by atoms with Crippen molar-refractivity contribution in [1.29, 1.82) is 0 Å². The van der Waals surface area contributed by atoms with Crippen molar-refractivity contribution in [2.45, 2.75) is 31.2 Å².